The number of ether oxygens (including phenoxy) is 1. The highest BCUT2D eigenvalue weighted by Gasteiger charge is 2.29. The van der Waals surface area contributed by atoms with Crippen LogP contribution in [0.5, 0.6) is 0 Å². The first kappa shape index (κ1) is 23.4. The number of nitrogens with zero attached hydrogens (tertiary/aromatic N) is 2. The van der Waals surface area contributed by atoms with E-state index in [0.717, 1.165) is 63.6 Å². The van der Waals surface area contributed by atoms with Gasteiger partial charge >= 0.3 is 5.97 Å². The van der Waals surface area contributed by atoms with Crippen LogP contribution in [-0.4, -0.2) is 59.3 Å². The van der Waals surface area contributed by atoms with Crippen LogP contribution in [0.1, 0.15) is 74.7 Å². The van der Waals surface area contributed by atoms with Crippen molar-refractivity contribution >= 4 is 11.9 Å². The number of carbonyl (C=O) groups is 2. The normalized spacial score (nSPS) is 16.8. The molecule has 0 aliphatic carbocycles. The molecule has 0 radical (unpaired) electrons. The fourth-order valence-corrected chi connectivity index (χ4v) is 3.81. The van der Waals surface area contributed by atoms with E-state index < -0.39 is 5.60 Å². The molecule has 0 saturated carbocycles. The molecule has 2 rings (SSSR count). The van der Waals surface area contributed by atoms with Gasteiger partial charge in [0.2, 0.25) is 5.91 Å². The first-order chi connectivity index (χ1) is 13.9. The van der Waals surface area contributed by atoms with Crippen molar-refractivity contribution in [3.63, 3.8) is 0 Å². The molecule has 1 aromatic carbocycles. The quantitative estimate of drug-likeness (QED) is 0.426. The summed E-state index contributed by atoms with van der Waals surface area (Å²) in [6.45, 7) is 6.26. The maximum atomic E-state index is 12.3. The van der Waals surface area contributed by atoms with Gasteiger partial charge in [0.25, 0.3) is 0 Å². The highest BCUT2D eigenvalue weighted by Crippen LogP contribution is 2.22. The molecule has 0 aromatic heterocycles. The van der Waals surface area contributed by atoms with Crippen molar-refractivity contribution in [2.24, 2.45) is 0 Å². The van der Waals surface area contributed by atoms with Crippen LogP contribution >= 0.6 is 0 Å². The molecule has 1 heterocycles. The Hall–Kier alpha value is -1.92. The molecule has 0 bridgehead atoms. The number of aliphatic hydroxyl groups is 1. The molecular formula is C23H36N2O4. The molecule has 1 aliphatic heterocycles. The number of rotatable bonds is 12. The average molecular weight is 405 g/mol. The van der Waals surface area contributed by atoms with Gasteiger partial charge in [-0.25, -0.2) is 9.80 Å². The number of benzene rings is 1. The van der Waals surface area contributed by atoms with E-state index in [4.69, 9.17) is 4.74 Å². The Labute approximate surface area is 174 Å². The highest BCUT2D eigenvalue weighted by atomic mass is 16.5. The molecule has 1 saturated heterocycles. The van der Waals surface area contributed by atoms with Crippen LogP contribution in [0.2, 0.25) is 0 Å². The second-order valence-electron chi connectivity index (χ2n) is 8.22. The van der Waals surface area contributed by atoms with Gasteiger partial charge in [-0.3, -0.25) is 9.80 Å². The standard InChI is InChI=1S/C23H36N2O4/c1-4-5-6-14-23(2,28)15-7-16-24-17-13-21(26)25(24)18-12-19-8-10-20(11-9-19)22(27)29-3/h8-11,28H,4-7,12-18H2,1-3H3. The van der Waals surface area contributed by atoms with Crippen LogP contribution in [0.3, 0.4) is 0 Å². The fourth-order valence-electron chi connectivity index (χ4n) is 3.81. The lowest BCUT2D eigenvalue weighted by Crippen LogP contribution is -2.41. The number of carbonyl (C=O) groups excluding carboxylic acids is 2. The van der Waals surface area contributed by atoms with Crippen LogP contribution in [0.4, 0.5) is 0 Å². The summed E-state index contributed by atoms with van der Waals surface area (Å²) >= 11 is 0. The van der Waals surface area contributed by atoms with E-state index in [9.17, 15) is 14.7 Å². The fraction of sp³-hybridized carbons (Fsp3) is 0.652. The van der Waals surface area contributed by atoms with Gasteiger partial charge in [0.05, 0.1) is 18.3 Å². The van der Waals surface area contributed by atoms with E-state index in [1.807, 2.05) is 24.1 Å². The highest BCUT2D eigenvalue weighted by molar-refractivity contribution is 5.89. The minimum Gasteiger partial charge on any atom is -0.465 e. The minimum atomic E-state index is -0.620. The zero-order valence-electron chi connectivity index (χ0n) is 18.2. The Bertz CT molecular complexity index is 657. The second kappa shape index (κ2) is 11.3. The third-order valence-electron chi connectivity index (χ3n) is 5.65. The van der Waals surface area contributed by atoms with Crippen molar-refractivity contribution in [2.75, 3.05) is 26.7 Å². The molecule has 1 aromatic rings. The third kappa shape index (κ3) is 7.44. The van der Waals surface area contributed by atoms with Gasteiger partial charge < -0.3 is 9.84 Å². The number of hydrogen-bond donors (Lipinski definition) is 1. The SMILES string of the molecule is CCCCCC(C)(O)CCCN1CCC(=O)N1CCc1ccc(C(=O)OC)cc1. The maximum absolute atomic E-state index is 12.3. The van der Waals surface area contributed by atoms with Crippen molar-refractivity contribution in [1.29, 1.82) is 0 Å². The van der Waals surface area contributed by atoms with E-state index in [1.165, 1.54) is 7.11 Å². The van der Waals surface area contributed by atoms with Gasteiger partial charge in [-0.2, -0.15) is 0 Å². The van der Waals surface area contributed by atoms with Gasteiger partial charge in [-0.1, -0.05) is 38.3 Å². The molecule has 1 N–H and O–H groups in total. The third-order valence-corrected chi connectivity index (χ3v) is 5.65. The van der Waals surface area contributed by atoms with Gasteiger partial charge in [0.15, 0.2) is 0 Å². The lowest BCUT2D eigenvalue weighted by Gasteiger charge is -2.30. The van der Waals surface area contributed by atoms with Crippen molar-refractivity contribution in [3.05, 3.63) is 35.4 Å². The van der Waals surface area contributed by atoms with Crippen LogP contribution in [0.15, 0.2) is 24.3 Å². The Morgan fingerprint density at radius 3 is 2.48 bits per heavy atom. The van der Waals surface area contributed by atoms with Crippen molar-refractivity contribution in [2.45, 2.75) is 70.8 Å². The van der Waals surface area contributed by atoms with Crippen molar-refractivity contribution < 1.29 is 19.4 Å². The number of hydrazine groups is 1. The summed E-state index contributed by atoms with van der Waals surface area (Å²) in [5.41, 5.74) is 0.989. The van der Waals surface area contributed by atoms with Crippen molar-refractivity contribution in [1.82, 2.24) is 10.0 Å². The lowest BCUT2D eigenvalue weighted by molar-refractivity contribution is -0.138. The molecule has 162 valence electrons. The predicted octanol–water partition coefficient (Wildman–Crippen LogP) is 3.58. The summed E-state index contributed by atoms with van der Waals surface area (Å²) in [5.74, 6) is -0.186. The largest absolute Gasteiger partial charge is 0.465 e. The van der Waals surface area contributed by atoms with E-state index in [0.29, 0.717) is 18.5 Å². The number of methoxy groups -OCH3 is 1. The number of unbranched alkanes of at least 4 members (excludes halogenated alkanes) is 2. The molecule has 1 amide bonds. The molecular weight excluding hydrogens is 368 g/mol. The summed E-state index contributed by atoms with van der Waals surface area (Å²) in [6.07, 6.45) is 7.13. The Morgan fingerprint density at radius 2 is 1.83 bits per heavy atom. The summed E-state index contributed by atoms with van der Waals surface area (Å²) in [4.78, 5) is 23.8. The summed E-state index contributed by atoms with van der Waals surface area (Å²) < 4.78 is 4.72. The molecule has 1 fully saturated rings. The lowest BCUT2D eigenvalue weighted by atomic mass is 9.93. The number of esters is 1. The molecule has 0 spiro atoms. The maximum Gasteiger partial charge on any atom is 0.337 e. The number of hydrogen-bond acceptors (Lipinski definition) is 5. The van der Waals surface area contributed by atoms with E-state index in [2.05, 4.69) is 11.9 Å². The molecule has 29 heavy (non-hydrogen) atoms. The molecule has 6 heteroatoms. The zero-order chi connectivity index (χ0) is 21.3. The van der Waals surface area contributed by atoms with Gasteiger partial charge in [-0.05, 0) is 50.3 Å². The van der Waals surface area contributed by atoms with Crippen molar-refractivity contribution in [3.8, 4) is 0 Å². The Morgan fingerprint density at radius 1 is 1.14 bits per heavy atom. The summed E-state index contributed by atoms with van der Waals surface area (Å²) in [7, 11) is 1.37. The predicted molar refractivity (Wildman–Crippen MR) is 113 cm³/mol. The van der Waals surface area contributed by atoms with Gasteiger partial charge in [-0.15, -0.1) is 0 Å². The van der Waals surface area contributed by atoms with E-state index in [1.54, 1.807) is 12.1 Å². The van der Waals surface area contributed by atoms with Crippen LogP contribution in [-0.2, 0) is 16.0 Å². The van der Waals surface area contributed by atoms with E-state index in [-0.39, 0.29) is 11.9 Å². The summed E-state index contributed by atoms with van der Waals surface area (Å²) in [6, 6.07) is 7.33. The van der Waals surface area contributed by atoms with Gasteiger partial charge in [0.1, 0.15) is 0 Å². The first-order valence-corrected chi connectivity index (χ1v) is 10.8. The molecule has 1 aliphatic rings. The topological polar surface area (TPSA) is 70.1 Å². The second-order valence-corrected chi connectivity index (χ2v) is 8.22. The monoisotopic (exact) mass is 404 g/mol. The van der Waals surface area contributed by atoms with Crippen LogP contribution < -0.4 is 0 Å². The minimum absolute atomic E-state index is 0.158. The molecule has 6 nitrogen and oxygen atoms in total. The number of amides is 1. The van der Waals surface area contributed by atoms with Crippen LogP contribution in [0.25, 0.3) is 0 Å². The summed E-state index contributed by atoms with van der Waals surface area (Å²) in [5, 5.41) is 14.5. The molecule has 1 atom stereocenters. The zero-order valence-corrected chi connectivity index (χ0v) is 18.2. The Balaban J connectivity index is 1.80. The van der Waals surface area contributed by atoms with Gasteiger partial charge in [0, 0.05) is 26.1 Å². The first-order valence-electron chi connectivity index (χ1n) is 10.8. The van der Waals surface area contributed by atoms with Crippen LogP contribution in [0, 0.1) is 0 Å². The molecule has 1 unspecified atom stereocenters. The van der Waals surface area contributed by atoms with E-state index >= 15 is 0 Å². The smallest absolute Gasteiger partial charge is 0.337 e. The Kier molecular flexibility index (Phi) is 9.11. The average Bonchev–Trinajstić information content (AvgIpc) is 3.05.